The van der Waals surface area contributed by atoms with E-state index in [-0.39, 0.29) is 6.61 Å². The van der Waals surface area contributed by atoms with Crippen molar-refractivity contribution in [1.29, 1.82) is 0 Å². The van der Waals surface area contributed by atoms with Crippen LogP contribution in [0.3, 0.4) is 0 Å². The summed E-state index contributed by atoms with van der Waals surface area (Å²) in [4.78, 5) is 10.4. The monoisotopic (exact) mass is 196 g/mol. The molecule has 70 valence electrons. The summed E-state index contributed by atoms with van der Waals surface area (Å²) in [5.74, 6) is -1.21. The molecule has 3 atom stereocenters. The first-order valence-electron chi connectivity index (χ1n) is 3.13. The summed E-state index contributed by atoms with van der Waals surface area (Å²) in [5, 5.41) is 8.53. The summed E-state index contributed by atoms with van der Waals surface area (Å²) in [6.45, 7) is 0.0444. The minimum absolute atomic E-state index is 0.0444. The van der Waals surface area contributed by atoms with Gasteiger partial charge in [0.1, 0.15) is 6.10 Å². The second-order valence-corrected chi connectivity index (χ2v) is 2.94. The number of hydrogen-bond acceptors (Lipinski definition) is 5. The van der Waals surface area contributed by atoms with Crippen LogP contribution in [-0.4, -0.2) is 41.2 Å². The van der Waals surface area contributed by atoms with Gasteiger partial charge in [-0.05, 0) is 0 Å². The summed E-state index contributed by atoms with van der Waals surface area (Å²) < 4.78 is 24.3. The van der Waals surface area contributed by atoms with Crippen LogP contribution in [0.25, 0.3) is 0 Å². The molecule has 0 aliphatic carbocycles. The largest absolute Gasteiger partial charge is 0.479 e. The third kappa shape index (κ3) is 2.01. The molecule has 1 heterocycles. The first-order valence-corrected chi connectivity index (χ1v) is 4.13. The summed E-state index contributed by atoms with van der Waals surface area (Å²) in [6, 6.07) is 0. The molecular weight excluding hydrogens is 188 g/mol. The highest BCUT2D eigenvalue weighted by Gasteiger charge is 2.40. The summed E-state index contributed by atoms with van der Waals surface area (Å²) >= 11 is -1.97. The molecule has 0 saturated carbocycles. The van der Waals surface area contributed by atoms with Crippen LogP contribution in [0.1, 0.15) is 0 Å². The lowest BCUT2D eigenvalue weighted by molar-refractivity contribution is -0.146. The average Bonchev–Trinajstić information content (AvgIpc) is 2.32. The number of carbonyl (C=O) groups is 1. The van der Waals surface area contributed by atoms with E-state index in [0.29, 0.717) is 0 Å². The number of carboxylic acids is 1. The van der Waals surface area contributed by atoms with Gasteiger partial charge < -0.3 is 9.84 Å². The Balaban J connectivity index is 2.59. The normalized spacial score (nSPS) is 35.2. The molecule has 0 radical (unpaired) electrons. The van der Waals surface area contributed by atoms with Crippen LogP contribution in [0.2, 0.25) is 0 Å². The van der Waals surface area contributed by atoms with E-state index in [0.717, 1.165) is 0 Å². The minimum Gasteiger partial charge on any atom is -0.479 e. The van der Waals surface area contributed by atoms with Gasteiger partial charge in [-0.2, -0.15) is 4.21 Å². The zero-order valence-corrected chi connectivity index (χ0v) is 7.08. The molecule has 1 aliphatic heterocycles. The van der Waals surface area contributed by atoms with Gasteiger partial charge >= 0.3 is 17.3 Å². The van der Waals surface area contributed by atoms with E-state index in [1.165, 1.54) is 7.11 Å². The Bertz CT molecular complexity index is 204. The fraction of sp³-hybridized carbons (Fsp3) is 0.800. The zero-order chi connectivity index (χ0) is 9.14. The van der Waals surface area contributed by atoms with E-state index in [1.54, 1.807) is 0 Å². The van der Waals surface area contributed by atoms with Crippen molar-refractivity contribution in [3.05, 3.63) is 0 Å². The highest BCUT2D eigenvalue weighted by Crippen LogP contribution is 2.17. The maximum atomic E-state index is 10.6. The van der Waals surface area contributed by atoms with Crippen LogP contribution in [0.4, 0.5) is 0 Å². The van der Waals surface area contributed by atoms with Gasteiger partial charge in [-0.3, -0.25) is 8.37 Å². The topological polar surface area (TPSA) is 82.1 Å². The van der Waals surface area contributed by atoms with Gasteiger partial charge in [-0.1, -0.05) is 0 Å². The second-order valence-electron chi connectivity index (χ2n) is 2.15. The lowest BCUT2D eigenvalue weighted by Crippen LogP contribution is -2.34. The summed E-state index contributed by atoms with van der Waals surface area (Å²) in [5.41, 5.74) is 0. The Morgan fingerprint density at radius 3 is 2.83 bits per heavy atom. The van der Waals surface area contributed by atoms with Gasteiger partial charge in [-0.15, -0.1) is 0 Å². The standard InChI is InChI=1S/C5H8O6S/c1-9-2-3-4(5(6)7)11-12(8)10-3/h3-4H,2H2,1H3,(H,6,7). The van der Waals surface area contributed by atoms with E-state index in [1.807, 2.05) is 0 Å². The second kappa shape index (κ2) is 3.94. The molecule has 7 heteroatoms. The highest BCUT2D eigenvalue weighted by atomic mass is 32.2. The fourth-order valence-corrected chi connectivity index (χ4v) is 1.58. The molecule has 0 aromatic rings. The third-order valence-electron chi connectivity index (χ3n) is 1.30. The number of rotatable bonds is 3. The SMILES string of the molecule is COCC1OS(=O)OC1C(=O)O. The molecule has 0 aromatic heterocycles. The molecule has 0 aromatic carbocycles. The van der Waals surface area contributed by atoms with Crippen LogP contribution < -0.4 is 0 Å². The first kappa shape index (κ1) is 9.59. The van der Waals surface area contributed by atoms with Crippen molar-refractivity contribution in [2.75, 3.05) is 13.7 Å². The lowest BCUT2D eigenvalue weighted by Gasteiger charge is -2.08. The van der Waals surface area contributed by atoms with Gasteiger partial charge in [0.2, 0.25) is 6.10 Å². The Kier molecular flexibility index (Phi) is 3.15. The molecule has 0 spiro atoms. The van der Waals surface area contributed by atoms with Gasteiger partial charge in [0, 0.05) is 7.11 Å². The number of ether oxygens (including phenoxy) is 1. The number of methoxy groups -OCH3 is 1. The van der Waals surface area contributed by atoms with Crippen molar-refractivity contribution in [3.8, 4) is 0 Å². The van der Waals surface area contributed by atoms with Crippen LogP contribution >= 0.6 is 0 Å². The maximum Gasteiger partial charge on any atom is 0.337 e. The third-order valence-corrected chi connectivity index (χ3v) is 2.07. The number of carboxylic acid groups (broad SMARTS) is 1. The molecule has 1 rings (SSSR count). The summed E-state index contributed by atoms with van der Waals surface area (Å²) in [6.07, 6.45) is -2.00. The Morgan fingerprint density at radius 1 is 1.67 bits per heavy atom. The average molecular weight is 196 g/mol. The molecule has 0 bridgehead atoms. The smallest absolute Gasteiger partial charge is 0.337 e. The Morgan fingerprint density at radius 2 is 2.33 bits per heavy atom. The predicted octanol–water partition coefficient (Wildman–Crippen LogP) is -0.920. The minimum atomic E-state index is -1.97. The van der Waals surface area contributed by atoms with Gasteiger partial charge in [0.25, 0.3) is 0 Å². The van der Waals surface area contributed by atoms with Crippen molar-refractivity contribution < 1.29 is 27.2 Å². The van der Waals surface area contributed by atoms with Crippen LogP contribution in [0, 0.1) is 0 Å². The van der Waals surface area contributed by atoms with Crippen molar-refractivity contribution in [1.82, 2.24) is 0 Å². The Labute approximate surface area is 71.3 Å². The number of aliphatic carboxylic acids is 1. The predicted molar refractivity (Wildman–Crippen MR) is 37.4 cm³/mol. The van der Waals surface area contributed by atoms with E-state index in [2.05, 4.69) is 13.1 Å². The van der Waals surface area contributed by atoms with Crippen LogP contribution in [0.15, 0.2) is 0 Å². The quantitative estimate of drug-likeness (QED) is 0.628. The molecule has 3 unspecified atom stereocenters. The maximum absolute atomic E-state index is 10.6. The van der Waals surface area contributed by atoms with Gasteiger partial charge in [0.05, 0.1) is 6.61 Å². The lowest BCUT2D eigenvalue weighted by atomic mass is 10.2. The molecule has 0 amide bonds. The molecule has 1 fully saturated rings. The van der Waals surface area contributed by atoms with Crippen molar-refractivity contribution in [2.24, 2.45) is 0 Å². The fourth-order valence-electron chi connectivity index (χ4n) is 0.800. The van der Waals surface area contributed by atoms with Gasteiger partial charge in [0.15, 0.2) is 0 Å². The van der Waals surface area contributed by atoms with E-state index >= 15 is 0 Å². The van der Waals surface area contributed by atoms with Crippen molar-refractivity contribution >= 4 is 17.3 Å². The Hall–Kier alpha value is -0.500. The van der Waals surface area contributed by atoms with E-state index in [4.69, 9.17) is 5.11 Å². The van der Waals surface area contributed by atoms with Gasteiger partial charge in [-0.25, -0.2) is 4.79 Å². The number of hydrogen-bond donors (Lipinski definition) is 1. The molecule has 12 heavy (non-hydrogen) atoms. The molecule has 1 aliphatic rings. The van der Waals surface area contributed by atoms with Crippen LogP contribution in [0.5, 0.6) is 0 Å². The van der Waals surface area contributed by atoms with Crippen molar-refractivity contribution in [2.45, 2.75) is 12.2 Å². The van der Waals surface area contributed by atoms with Crippen molar-refractivity contribution in [3.63, 3.8) is 0 Å². The molecule has 1 N–H and O–H groups in total. The van der Waals surface area contributed by atoms with E-state index < -0.39 is 29.5 Å². The van der Waals surface area contributed by atoms with E-state index in [9.17, 15) is 9.00 Å². The highest BCUT2D eigenvalue weighted by molar-refractivity contribution is 7.75. The molecule has 6 nitrogen and oxygen atoms in total. The van der Waals surface area contributed by atoms with Crippen LogP contribution in [-0.2, 0) is 29.3 Å². The summed E-state index contributed by atoms with van der Waals surface area (Å²) in [7, 11) is 1.39. The molecular formula is C5H8O6S. The zero-order valence-electron chi connectivity index (χ0n) is 6.26. The first-order chi connectivity index (χ1) is 5.65. The molecule has 1 saturated heterocycles.